The molecule has 4 rings (SSSR count). The monoisotopic (exact) mass is 484 g/mol. The van der Waals surface area contributed by atoms with Crippen LogP contribution in [-0.2, 0) is 11.3 Å². The largest absolute Gasteiger partial charge is 0.494 e. The fourth-order valence-electron chi connectivity index (χ4n) is 4.47. The highest BCUT2D eigenvalue weighted by Gasteiger charge is 2.35. The molecule has 1 aromatic heterocycles. The molecule has 10 heteroatoms. The number of carbonyl (C=O) groups excluding carboxylic acids is 2. The lowest BCUT2D eigenvalue weighted by Crippen LogP contribution is -2.48. The molecule has 2 aliphatic rings. The van der Waals surface area contributed by atoms with E-state index in [4.69, 9.17) is 9.72 Å². The minimum absolute atomic E-state index is 0.00749. The van der Waals surface area contributed by atoms with Crippen LogP contribution in [0, 0.1) is 5.82 Å². The summed E-state index contributed by atoms with van der Waals surface area (Å²) in [6.45, 7) is 12.3. The molecule has 2 amide bonds. The van der Waals surface area contributed by atoms with Gasteiger partial charge in [-0.1, -0.05) is 6.07 Å². The molecular formula is C25H33FN6O3. The minimum Gasteiger partial charge on any atom is -0.494 e. The Morgan fingerprint density at radius 2 is 1.89 bits per heavy atom. The van der Waals surface area contributed by atoms with Crippen molar-refractivity contribution in [3.8, 4) is 5.75 Å². The summed E-state index contributed by atoms with van der Waals surface area (Å²) < 4.78 is 20.2. The van der Waals surface area contributed by atoms with Gasteiger partial charge < -0.3 is 24.8 Å². The standard InChI is InChI=1S/C25H33FN6O3/c1-6-35-18-7-8-19(21(26)13-18)16(4)27-23-20-14-32(15(2)3)24(34)22(20)28-25(29-23)31-11-9-30(10-12-31)17(5)33/h7-8,13,15-16H,6,9-12,14H2,1-5H3,(H,27,28,29). The van der Waals surface area contributed by atoms with Crippen molar-refractivity contribution >= 4 is 23.6 Å². The van der Waals surface area contributed by atoms with Crippen LogP contribution in [-0.4, -0.2) is 70.4 Å². The van der Waals surface area contributed by atoms with Gasteiger partial charge in [-0.15, -0.1) is 0 Å². The van der Waals surface area contributed by atoms with Gasteiger partial charge in [-0.05, 0) is 33.8 Å². The number of halogens is 1. The summed E-state index contributed by atoms with van der Waals surface area (Å²) in [5.41, 5.74) is 1.56. The van der Waals surface area contributed by atoms with Gasteiger partial charge in [0.2, 0.25) is 11.9 Å². The number of rotatable bonds is 7. The molecule has 2 aromatic rings. The van der Waals surface area contributed by atoms with E-state index in [1.807, 2.05) is 32.6 Å². The zero-order valence-electron chi connectivity index (χ0n) is 21.0. The van der Waals surface area contributed by atoms with Crippen LogP contribution in [0.5, 0.6) is 5.75 Å². The van der Waals surface area contributed by atoms with Crippen LogP contribution >= 0.6 is 0 Å². The highest BCUT2D eigenvalue weighted by molar-refractivity contribution is 5.98. The molecule has 1 saturated heterocycles. The molecule has 35 heavy (non-hydrogen) atoms. The maximum atomic E-state index is 14.8. The van der Waals surface area contributed by atoms with Crippen LogP contribution in [0.3, 0.4) is 0 Å². The first-order chi connectivity index (χ1) is 16.7. The zero-order valence-corrected chi connectivity index (χ0v) is 21.0. The van der Waals surface area contributed by atoms with Crippen molar-refractivity contribution in [3.63, 3.8) is 0 Å². The molecule has 1 aromatic carbocycles. The van der Waals surface area contributed by atoms with Gasteiger partial charge in [0.05, 0.1) is 19.2 Å². The Hall–Kier alpha value is -3.43. The molecule has 1 unspecified atom stereocenters. The van der Waals surface area contributed by atoms with E-state index < -0.39 is 6.04 Å². The van der Waals surface area contributed by atoms with Crippen LogP contribution < -0.4 is 15.0 Å². The Morgan fingerprint density at radius 3 is 2.49 bits per heavy atom. The molecule has 9 nitrogen and oxygen atoms in total. The van der Waals surface area contributed by atoms with E-state index >= 15 is 0 Å². The third kappa shape index (κ3) is 5.01. The minimum atomic E-state index is -0.407. The summed E-state index contributed by atoms with van der Waals surface area (Å²) in [5, 5.41) is 3.34. The molecular weight excluding hydrogens is 451 g/mol. The third-order valence-electron chi connectivity index (χ3n) is 6.52. The summed E-state index contributed by atoms with van der Waals surface area (Å²) >= 11 is 0. The lowest BCUT2D eigenvalue weighted by Gasteiger charge is -2.34. The summed E-state index contributed by atoms with van der Waals surface area (Å²) in [5.74, 6) is 0.972. The van der Waals surface area contributed by atoms with E-state index in [-0.39, 0.29) is 23.7 Å². The molecule has 0 bridgehead atoms. The van der Waals surface area contributed by atoms with Crippen LogP contribution in [0.15, 0.2) is 18.2 Å². The van der Waals surface area contributed by atoms with Gasteiger partial charge in [0.15, 0.2) is 0 Å². The molecule has 1 fully saturated rings. The number of hydrogen-bond acceptors (Lipinski definition) is 7. The van der Waals surface area contributed by atoms with E-state index in [0.717, 1.165) is 0 Å². The number of nitrogens with zero attached hydrogens (tertiary/aromatic N) is 5. The fourth-order valence-corrected chi connectivity index (χ4v) is 4.47. The second-order valence-corrected chi connectivity index (χ2v) is 9.20. The van der Waals surface area contributed by atoms with Gasteiger partial charge in [-0.3, -0.25) is 9.59 Å². The number of aromatic nitrogens is 2. The first kappa shape index (κ1) is 24.7. The van der Waals surface area contributed by atoms with Gasteiger partial charge in [-0.25, -0.2) is 9.37 Å². The molecule has 2 aliphatic heterocycles. The number of hydrogen-bond donors (Lipinski definition) is 1. The van der Waals surface area contributed by atoms with Gasteiger partial charge in [0.1, 0.15) is 23.1 Å². The van der Waals surface area contributed by atoms with E-state index in [0.29, 0.717) is 73.7 Å². The van der Waals surface area contributed by atoms with Crippen LogP contribution in [0.25, 0.3) is 0 Å². The predicted octanol–water partition coefficient (Wildman–Crippen LogP) is 3.22. The van der Waals surface area contributed by atoms with E-state index in [1.54, 1.807) is 28.9 Å². The lowest BCUT2D eigenvalue weighted by atomic mass is 10.1. The van der Waals surface area contributed by atoms with Gasteiger partial charge >= 0.3 is 0 Å². The van der Waals surface area contributed by atoms with Crippen molar-refractivity contribution in [2.75, 3.05) is 43.0 Å². The average Bonchev–Trinajstić information content (AvgIpc) is 3.16. The van der Waals surface area contributed by atoms with Crippen molar-refractivity contribution in [3.05, 3.63) is 40.8 Å². The topological polar surface area (TPSA) is 90.9 Å². The second-order valence-electron chi connectivity index (χ2n) is 9.20. The molecule has 0 aliphatic carbocycles. The van der Waals surface area contributed by atoms with Crippen molar-refractivity contribution in [1.29, 1.82) is 0 Å². The van der Waals surface area contributed by atoms with Gasteiger partial charge in [0.25, 0.3) is 5.91 Å². The quantitative estimate of drug-likeness (QED) is 0.645. The number of carbonyl (C=O) groups is 2. The first-order valence-corrected chi connectivity index (χ1v) is 12.1. The fraction of sp³-hybridized carbons (Fsp3) is 0.520. The molecule has 0 saturated carbocycles. The zero-order chi connectivity index (χ0) is 25.3. The van der Waals surface area contributed by atoms with Crippen molar-refractivity contribution in [2.24, 2.45) is 0 Å². The van der Waals surface area contributed by atoms with E-state index in [1.165, 1.54) is 6.07 Å². The SMILES string of the molecule is CCOc1ccc(C(C)Nc2nc(N3CCN(C(C)=O)CC3)nc3c2CN(C(C)C)C3=O)c(F)c1. The summed E-state index contributed by atoms with van der Waals surface area (Å²) in [6, 6.07) is 4.43. The normalized spacial score (nSPS) is 16.5. The highest BCUT2D eigenvalue weighted by atomic mass is 19.1. The lowest BCUT2D eigenvalue weighted by molar-refractivity contribution is -0.129. The molecule has 1 N–H and O–H groups in total. The first-order valence-electron chi connectivity index (χ1n) is 12.1. The second kappa shape index (κ2) is 10.1. The van der Waals surface area contributed by atoms with Crippen molar-refractivity contribution in [1.82, 2.24) is 19.8 Å². The molecule has 188 valence electrons. The van der Waals surface area contributed by atoms with Crippen LogP contribution in [0.2, 0.25) is 0 Å². The Balaban J connectivity index is 1.65. The van der Waals surface area contributed by atoms with Crippen LogP contribution in [0.4, 0.5) is 16.2 Å². The predicted molar refractivity (Wildman–Crippen MR) is 131 cm³/mol. The summed E-state index contributed by atoms with van der Waals surface area (Å²) in [7, 11) is 0. The Labute approximate surface area is 205 Å². The maximum Gasteiger partial charge on any atom is 0.273 e. The maximum absolute atomic E-state index is 14.8. The molecule has 3 heterocycles. The molecule has 1 atom stereocenters. The van der Waals surface area contributed by atoms with E-state index in [9.17, 15) is 14.0 Å². The average molecular weight is 485 g/mol. The third-order valence-corrected chi connectivity index (χ3v) is 6.52. The highest BCUT2D eigenvalue weighted by Crippen LogP contribution is 2.33. The Bertz CT molecular complexity index is 1120. The molecule has 0 radical (unpaired) electrons. The number of piperazine rings is 1. The summed E-state index contributed by atoms with van der Waals surface area (Å²) in [4.78, 5) is 39.8. The van der Waals surface area contributed by atoms with E-state index in [2.05, 4.69) is 10.3 Å². The number of nitrogens with one attached hydrogen (secondary N) is 1. The Kier molecular flexibility index (Phi) is 7.09. The summed E-state index contributed by atoms with van der Waals surface area (Å²) in [6.07, 6.45) is 0. The number of ether oxygens (including phenoxy) is 1. The smallest absolute Gasteiger partial charge is 0.273 e. The Morgan fingerprint density at radius 1 is 1.17 bits per heavy atom. The van der Waals surface area contributed by atoms with Crippen molar-refractivity contribution < 1.29 is 18.7 Å². The van der Waals surface area contributed by atoms with Gasteiger partial charge in [-0.2, -0.15) is 4.98 Å². The van der Waals surface area contributed by atoms with Crippen molar-refractivity contribution in [2.45, 2.75) is 53.2 Å². The number of benzene rings is 1. The van der Waals surface area contributed by atoms with Crippen LogP contribution in [0.1, 0.15) is 62.3 Å². The van der Waals surface area contributed by atoms with Gasteiger partial charge in [0, 0.05) is 56.3 Å². The molecule has 0 spiro atoms. The number of anilines is 2. The number of fused-ring (bicyclic) bond motifs is 1. The number of amides is 2.